The van der Waals surface area contributed by atoms with Crippen LogP contribution in [0.5, 0.6) is 0 Å². The van der Waals surface area contributed by atoms with Gasteiger partial charge in [-0.3, -0.25) is 18.6 Å². The van der Waals surface area contributed by atoms with E-state index in [9.17, 15) is 24.2 Å². The van der Waals surface area contributed by atoms with Crippen LogP contribution < -0.4 is 0 Å². The molecule has 0 saturated carbocycles. The molecule has 0 aliphatic heterocycles. The van der Waals surface area contributed by atoms with Gasteiger partial charge in [0.1, 0.15) is 12.7 Å². The van der Waals surface area contributed by atoms with E-state index in [-0.39, 0.29) is 19.4 Å². The standard InChI is InChI=1S/C44H77O10P/c1-3-5-7-9-11-13-15-17-18-19-20-21-22-24-26-28-30-32-34-36-44(48)54-42(40-53-55(49,50)52-38-41(46)37-45)39-51-43(47)35-33-31-29-27-25-23-16-14-12-10-8-6-4-2/h8,10-11,13-14,16-18,20-21,41-42,45-46H,3-7,9,12,15,19,22-40H2,1-2H3,(H,49,50)/b10-8-,13-11-,16-14-,18-17-,21-20-. The minimum absolute atomic E-state index is 0.164. The van der Waals surface area contributed by atoms with Gasteiger partial charge in [0.25, 0.3) is 0 Å². The Morgan fingerprint density at radius 1 is 0.545 bits per heavy atom. The minimum Gasteiger partial charge on any atom is -0.462 e. The fourth-order valence-electron chi connectivity index (χ4n) is 5.33. The third kappa shape index (κ3) is 39.7. The zero-order valence-corrected chi connectivity index (χ0v) is 35.3. The second kappa shape index (κ2) is 39.9. The maximum absolute atomic E-state index is 12.6. The molecule has 0 amide bonds. The highest BCUT2D eigenvalue weighted by Gasteiger charge is 2.27. The first-order valence-electron chi connectivity index (χ1n) is 21.2. The van der Waals surface area contributed by atoms with Crippen molar-refractivity contribution in [2.75, 3.05) is 26.4 Å². The number of aliphatic hydroxyl groups is 2. The molecule has 55 heavy (non-hydrogen) atoms. The zero-order valence-electron chi connectivity index (χ0n) is 34.4. The number of allylic oxidation sites excluding steroid dienone is 10. The monoisotopic (exact) mass is 797 g/mol. The van der Waals surface area contributed by atoms with Gasteiger partial charge in [-0.05, 0) is 77.0 Å². The molecule has 0 rings (SSSR count). The lowest BCUT2D eigenvalue weighted by Crippen LogP contribution is -2.29. The third-order valence-electron chi connectivity index (χ3n) is 8.63. The van der Waals surface area contributed by atoms with Crippen LogP contribution in [-0.2, 0) is 32.7 Å². The summed E-state index contributed by atoms with van der Waals surface area (Å²) < 4.78 is 32.7. The number of carbonyl (C=O) groups excluding carboxylic acids is 2. The molecule has 3 atom stereocenters. The van der Waals surface area contributed by atoms with Gasteiger partial charge in [-0.15, -0.1) is 0 Å². The summed E-state index contributed by atoms with van der Waals surface area (Å²) in [5.74, 6) is -0.961. The maximum atomic E-state index is 12.6. The molecule has 0 saturated heterocycles. The SMILES string of the molecule is CCC/C=C\C/C=C\CCCCCCCC(=O)OCC(COP(=O)(O)OCC(O)CO)OC(=O)CCCCCCCC/C=C\C/C=C\C/C=C\CCCCC. The zero-order chi connectivity index (χ0) is 40.5. The normalized spacial score (nSPS) is 14.5. The van der Waals surface area contributed by atoms with Crippen LogP contribution in [-0.4, -0.2) is 65.7 Å². The van der Waals surface area contributed by atoms with E-state index in [2.05, 4.69) is 79.1 Å². The molecule has 0 aromatic carbocycles. The first-order chi connectivity index (χ1) is 26.7. The second-order valence-electron chi connectivity index (χ2n) is 14.0. The molecule has 11 heteroatoms. The van der Waals surface area contributed by atoms with Crippen LogP contribution in [0.15, 0.2) is 60.8 Å². The first-order valence-corrected chi connectivity index (χ1v) is 22.7. The number of ether oxygens (including phenoxy) is 2. The van der Waals surface area contributed by atoms with E-state index in [4.69, 9.17) is 19.1 Å². The summed E-state index contributed by atoms with van der Waals surface area (Å²) in [6.45, 7) is 2.24. The molecule has 0 heterocycles. The highest BCUT2D eigenvalue weighted by atomic mass is 31.2. The van der Waals surface area contributed by atoms with Crippen LogP contribution in [0, 0.1) is 0 Å². The van der Waals surface area contributed by atoms with Crippen molar-refractivity contribution in [2.45, 2.75) is 180 Å². The van der Waals surface area contributed by atoms with Crippen molar-refractivity contribution in [3.05, 3.63) is 60.8 Å². The van der Waals surface area contributed by atoms with Crippen LogP contribution >= 0.6 is 7.82 Å². The Kier molecular flexibility index (Phi) is 38.2. The number of esters is 2. The van der Waals surface area contributed by atoms with Crippen LogP contribution in [0.3, 0.4) is 0 Å². The quantitative estimate of drug-likeness (QED) is 0.0237. The number of unbranched alkanes of at least 4 members (excludes halogenated alkanes) is 15. The molecule has 0 bridgehead atoms. The average Bonchev–Trinajstić information content (AvgIpc) is 3.17. The molecule has 0 spiro atoms. The third-order valence-corrected chi connectivity index (χ3v) is 9.58. The van der Waals surface area contributed by atoms with Crippen LogP contribution in [0.25, 0.3) is 0 Å². The van der Waals surface area contributed by atoms with Gasteiger partial charge in [-0.1, -0.05) is 139 Å². The van der Waals surface area contributed by atoms with E-state index < -0.39 is 51.8 Å². The van der Waals surface area contributed by atoms with Crippen molar-refractivity contribution >= 4 is 19.8 Å². The number of phosphoric ester groups is 1. The van der Waals surface area contributed by atoms with E-state index in [0.717, 1.165) is 96.3 Å². The number of phosphoric acid groups is 1. The van der Waals surface area contributed by atoms with Crippen molar-refractivity contribution in [3.8, 4) is 0 Å². The number of aliphatic hydroxyl groups excluding tert-OH is 2. The molecule has 0 radical (unpaired) electrons. The predicted molar refractivity (Wildman–Crippen MR) is 224 cm³/mol. The molecular formula is C44H77O10P. The van der Waals surface area contributed by atoms with Crippen molar-refractivity contribution < 1.29 is 47.8 Å². The van der Waals surface area contributed by atoms with Crippen LogP contribution in [0.2, 0.25) is 0 Å². The number of hydrogen-bond acceptors (Lipinski definition) is 9. The lowest BCUT2D eigenvalue weighted by atomic mass is 10.1. The summed E-state index contributed by atoms with van der Waals surface area (Å²) >= 11 is 0. The van der Waals surface area contributed by atoms with E-state index in [0.29, 0.717) is 12.8 Å². The molecule has 0 aromatic rings. The highest BCUT2D eigenvalue weighted by molar-refractivity contribution is 7.47. The minimum atomic E-state index is -4.63. The average molecular weight is 797 g/mol. The smallest absolute Gasteiger partial charge is 0.462 e. The van der Waals surface area contributed by atoms with Crippen molar-refractivity contribution in [1.29, 1.82) is 0 Å². The molecule has 0 aliphatic rings. The Labute approximate surface area is 334 Å². The Balaban J connectivity index is 4.35. The number of hydrogen-bond donors (Lipinski definition) is 3. The Hall–Kier alpha value is -2.33. The van der Waals surface area contributed by atoms with Crippen molar-refractivity contribution in [3.63, 3.8) is 0 Å². The molecule has 0 aromatic heterocycles. The number of carbonyl (C=O) groups is 2. The van der Waals surface area contributed by atoms with Crippen LogP contribution in [0.1, 0.15) is 168 Å². The maximum Gasteiger partial charge on any atom is 0.472 e. The predicted octanol–water partition coefficient (Wildman–Crippen LogP) is 11.1. The van der Waals surface area contributed by atoms with Gasteiger partial charge in [0.05, 0.1) is 19.8 Å². The van der Waals surface area contributed by atoms with E-state index in [1.807, 2.05) is 0 Å². The Morgan fingerprint density at radius 2 is 0.982 bits per heavy atom. The molecule has 318 valence electrons. The fourth-order valence-corrected chi connectivity index (χ4v) is 6.12. The van der Waals surface area contributed by atoms with Crippen LogP contribution in [0.4, 0.5) is 0 Å². The lowest BCUT2D eigenvalue weighted by Gasteiger charge is -2.20. The Bertz CT molecular complexity index is 1100. The highest BCUT2D eigenvalue weighted by Crippen LogP contribution is 2.43. The lowest BCUT2D eigenvalue weighted by molar-refractivity contribution is -0.161. The second-order valence-corrected chi connectivity index (χ2v) is 15.5. The molecule has 0 fully saturated rings. The van der Waals surface area contributed by atoms with Gasteiger partial charge in [0.15, 0.2) is 6.10 Å². The summed E-state index contributed by atoms with van der Waals surface area (Å²) in [6, 6.07) is 0. The van der Waals surface area contributed by atoms with Gasteiger partial charge in [0, 0.05) is 12.8 Å². The molecule has 0 aliphatic carbocycles. The van der Waals surface area contributed by atoms with Crippen molar-refractivity contribution in [1.82, 2.24) is 0 Å². The van der Waals surface area contributed by atoms with Gasteiger partial charge >= 0.3 is 19.8 Å². The van der Waals surface area contributed by atoms with Gasteiger partial charge in [-0.2, -0.15) is 0 Å². The molecule has 3 unspecified atom stereocenters. The summed E-state index contributed by atoms with van der Waals surface area (Å²) in [4.78, 5) is 34.9. The summed E-state index contributed by atoms with van der Waals surface area (Å²) in [5, 5.41) is 18.3. The molecule has 10 nitrogen and oxygen atoms in total. The fraction of sp³-hybridized carbons (Fsp3) is 0.727. The van der Waals surface area contributed by atoms with E-state index in [1.165, 1.54) is 32.1 Å². The topological polar surface area (TPSA) is 149 Å². The van der Waals surface area contributed by atoms with Gasteiger partial charge < -0.3 is 24.6 Å². The van der Waals surface area contributed by atoms with E-state index >= 15 is 0 Å². The van der Waals surface area contributed by atoms with E-state index in [1.54, 1.807) is 0 Å². The summed E-state index contributed by atoms with van der Waals surface area (Å²) in [5.41, 5.74) is 0. The summed E-state index contributed by atoms with van der Waals surface area (Å²) in [6.07, 6.45) is 43.2. The summed E-state index contributed by atoms with van der Waals surface area (Å²) in [7, 11) is -4.63. The first kappa shape index (κ1) is 52.7. The van der Waals surface area contributed by atoms with Crippen molar-refractivity contribution in [2.24, 2.45) is 0 Å². The van der Waals surface area contributed by atoms with Gasteiger partial charge in [0.2, 0.25) is 0 Å². The largest absolute Gasteiger partial charge is 0.472 e. The van der Waals surface area contributed by atoms with Gasteiger partial charge in [-0.25, -0.2) is 4.57 Å². The molecular weight excluding hydrogens is 719 g/mol. The number of rotatable bonds is 39. The Morgan fingerprint density at radius 3 is 1.49 bits per heavy atom. The molecule has 3 N–H and O–H groups in total.